The number of hydrogen-bond donors (Lipinski definition) is 4. The van der Waals surface area contributed by atoms with Gasteiger partial charge in [0.25, 0.3) is 26.1 Å². The van der Waals surface area contributed by atoms with Crippen LogP contribution in [0.3, 0.4) is 0 Å². The molecule has 0 aliphatic heterocycles. The number of fused-ring (bicyclic) bond motifs is 2. The maximum Gasteiger partial charge on any atom is 2.00 e. The molecule has 0 unspecified atom stereocenters. The Bertz CT molecular complexity index is 3860. The number of nitrogens with one attached hydrogen (secondary N) is 1. The van der Waals surface area contributed by atoms with Gasteiger partial charge in [-0.2, -0.15) is 21.9 Å². The molecule has 0 bridgehead atoms. The Morgan fingerprint density at radius 3 is 1.57 bits per heavy atom. The van der Waals surface area contributed by atoms with Crippen LogP contribution in [-0.4, -0.2) is 105 Å². The van der Waals surface area contributed by atoms with Gasteiger partial charge in [-0.3, -0.25) is 18.9 Å². The average Bonchev–Trinajstić information content (AvgIpc) is 3.40. The molecule has 0 fully saturated rings. The van der Waals surface area contributed by atoms with Gasteiger partial charge in [-0.15, -0.1) is 15.3 Å². The van der Waals surface area contributed by atoms with Gasteiger partial charge in [0.15, 0.2) is 5.75 Å². The Labute approximate surface area is 493 Å². The van der Waals surface area contributed by atoms with Gasteiger partial charge >= 0.3 is 48.9 Å². The minimum Gasteiger partial charge on any atom is -0.871 e. The normalized spacial score (nSPS) is 11.9. The second kappa shape index (κ2) is 26.3. The molecule has 0 radical (unpaired) electrons. The van der Waals surface area contributed by atoms with Crippen molar-refractivity contribution in [3.63, 3.8) is 0 Å². The fourth-order valence-corrected chi connectivity index (χ4v) is 9.97. The molecule has 77 heavy (non-hydrogen) atoms. The number of para-hydroxylation sites is 4. The van der Waals surface area contributed by atoms with Crippen molar-refractivity contribution in [3.8, 4) is 23.0 Å². The zero-order valence-electron chi connectivity index (χ0n) is 41.6. The Morgan fingerprint density at radius 2 is 1.04 bits per heavy atom. The first-order valence-electron chi connectivity index (χ1n) is 23.2. The minimum absolute atomic E-state index is 0. The predicted molar refractivity (Wildman–Crippen MR) is 294 cm³/mol. The van der Waals surface area contributed by atoms with Crippen LogP contribution in [0.2, 0.25) is 10.0 Å². The van der Waals surface area contributed by atoms with Crippen molar-refractivity contribution in [2.75, 3.05) is 18.5 Å². The van der Waals surface area contributed by atoms with Crippen LogP contribution in [0.5, 0.6) is 23.0 Å². The van der Waals surface area contributed by atoms with Crippen LogP contribution in [-0.2, 0) is 33.1 Å². The van der Waals surface area contributed by atoms with Crippen LogP contribution >= 0.6 is 23.2 Å². The smallest absolute Gasteiger partial charge is 0.871 e. The first-order chi connectivity index (χ1) is 36.3. The zero-order valence-corrected chi connectivity index (χ0v) is 49.1. The third-order valence-corrected chi connectivity index (χ3v) is 13.9. The Hall–Kier alpha value is -6.41. The molecule has 8 rings (SSSR count). The SMILES string of the molecule is CCOc1ccccc1N=C([O-])c1cc2ccccc2c(N=Nc2c(Cl)ccc(S(=O)(=O)O)c2CC)c1[O-].CCOc1ccccc1NC(=O)c1cc2ccccc2c(N=Nc2c(Cl)ccc(S(=O)(=O)O)c2CC)c1O.[Ba+2]. The van der Waals surface area contributed by atoms with Crippen molar-refractivity contribution >= 4 is 160 Å². The van der Waals surface area contributed by atoms with E-state index in [2.05, 4.69) is 30.8 Å². The van der Waals surface area contributed by atoms with Crippen molar-refractivity contribution in [2.45, 2.75) is 50.3 Å². The number of carbonyl (C=O) groups excluding carboxylic acids is 1. The molecule has 0 aliphatic carbocycles. The number of rotatable bonds is 16. The summed E-state index contributed by atoms with van der Waals surface area (Å²) in [6.07, 6.45) is 0.337. The second-order valence-electron chi connectivity index (χ2n) is 16.2. The number of aliphatic imine (C=N–C) groups is 1. The van der Waals surface area contributed by atoms with Crippen molar-refractivity contribution in [3.05, 3.63) is 166 Å². The number of benzene rings is 8. The second-order valence-corrected chi connectivity index (χ2v) is 19.8. The van der Waals surface area contributed by atoms with Gasteiger partial charge in [-0.1, -0.05) is 116 Å². The number of amides is 1. The van der Waals surface area contributed by atoms with E-state index >= 15 is 0 Å². The van der Waals surface area contributed by atoms with Crippen LogP contribution in [0.25, 0.3) is 21.5 Å². The molecular formula is C54H46BaCl2N6O12S2. The summed E-state index contributed by atoms with van der Waals surface area (Å²) < 4.78 is 77.7. The van der Waals surface area contributed by atoms with E-state index in [1.54, 1.807) is 118 Å². The first kappa shape index (κ1) is 59.8. The van der Waals surface area contributed by atoms with Crippen LogP contribution in [0.15, 0.2) is 169 Å². The van der Waals surface area contributed by atoms with Crippen molar-refractivity contribution in [1.82, 2.24) is 0 Å². The summed E-state index contributed by atoms with van der Waals surface area (Å²) in [5, 5.41) is 59.4. The number of hydrogen-bond acceptors (Lipinski definition) is 15. The van der Waals surface area contributed by atoms with Gasteiger partial charge in [-0.25, -0.2) is 0 Å². The Balaban J connectivity index is 0.000000246. The van der Waals surface area contributed by atoms with Crippen LogP contribution < -0.4 is 25.0 Å². The predicted octanol–water partition coefficient (Wildman–Crippen LogP) is 12.3. The van der Waals surface area contributed by atoms with E-state index in [9.17, 15) is 46.1 Å². The summed E-state index contributed by atoms with van der Waals surface area (Å²) in [4.78, 5) is 16.7. The summed E-state index contributed by atoms with van der Waals surface area (Å²) >= 11 is 12.6. The van der Waals surface area contributed by atoms with Crippen LogP contribution in [0.1, 0.15) is 54.7 Å². The van der Waals surface area contributed by atoms with E-state index in [4.69, 9.17) is 32.7 Å². The summed E-state index contributed by atoms with van der Waals surface area (Å²) in [5.41, 5.74) is 0.567. The van der Waals surface area contributed by atoms with Crippen LogP contribution in [0.4, 0.5) is 34.1 Å². The van der Waals surface area contributed by atoms with Gasteiger partial charge in [0.1, 0.15) is 34.2 Å². The van der Waals surface area contributed by atoms with E-state index < -0.39 is 43.5 Å². The molecule has 18 nitrogen and oxygen atoms in total. The van der Waals surface area contributed by atoms with Gasteiger partial charge in [0.2, 0.25) is 0 Å². The third kappa shape index (κ3) is 13.8. The van der Waals surface area contributed by atoms with E-state index in [0.717, 1.165) is 0 Å². The number of halogens is 2. The molecule has 0 heterocycles. The fraction of sp³-hybridized carbons (Fsp3) is 0.148. The van der Waals surface area contributed by atoms with E-state index in [1.165, 1.54) is 36.4 Å². The molecular weight excluding hydrogens is 1200 g/mol. The summed E-state index contributed by atoms with van der Waals surface area (Å²) in [7, 11) is -9.09. The Kier molecular flexibility index (Phi) is 20.4. The molecule has 4 N–H and O–H groups in total. The summed E-state index contributed by atoms with van der Waals surface area (Å²) in [5.74, 6) is -1.65. The number of nitrogens with zero attached hydrogens (tertiary/aromatic N) is 5. The molecule has 0 aliphatic rings. The van der Waals surface area contributed by atoms with E-state index in [-0.39, 0.29) is 132 Å². The molecule has 23 heteroatoms. The molecule has 8 aromatic rings. The van der Waals surface area contributed by atoms with Crippen LogP contribution in [0, 0.1) is 0 Å². The van der Waals surface area contributed by atoms with E-state index in [1.807, 2.05) is 6.92 Å². The number of aromatic hydroxyl groups is 1. The molecule has 0 aromatic heterocycles. The maximum atomic E-state index is 13.5. The number of ether oxygens (including phenoxy) is 2. The standard InChI is InChI=1S/2C27H24ClN3O6S.Ba/c2*1-3-17-23(38(34,35)36)14-13-20(28)24(17)30-31-25-18-10-6-5-9-16(18)15-19(26(25)32)27(33)29-21-11-7-8-12-22(21)37-4-2;/h2*5-15,32H,3-4H2,1-2H3,(H,29,33)(H,34,35,36);/q;;+2/p-2. The largest absolute Gasteiger partial charge is 2.00 e. The summed E-state index contributed by atoms with van der Waals surface area (Å²) in [6.45, 7) is 7.74. The molecule has 0 spiro atoms. The maximum absolute atomic E-state index is 13.5. The van der Waals surface area contributed by atoms with Crippen molar-refractivity contribution in [2.24, 2.45) is 25.4 Å². The molecule has 1 amide bonds. The topological polar surface area (TPSA) is 284 Å². The number of anilines is 1. The molecule has 8 aromatic carbocycles. The molecule has 392 valence electrons. The van der Waals surface area contributed by atoms with Gasteiger partial charge < -0.3 is 30.1 Å². The minimum atomic E-state index is -4.56. The third-order valence-electron chi connectivity index (χ3n) is 11.4. The number of phenolic OH excluding ortho intramolecular Hbond substituents is 1. The number of phenols is 1. The first-order valence-corrected chi connectivity index (χ1v) is 26.8. The van der Waals surface area contributed by atoms with E-state index in [0.29, 0.717) is 51.9 Å². The number of carbonyl (C=O) groups is 1. The fourth-order valence-electron chi connectivity index (χ4n) is 7.96. The number of azo groups is 2. The monoisotopic (exact) mass is 1240 g/mol. The van der Waals surface area contributed by atoms with Crippen molar-refractivity contribution < 1.29 is 55.5 Å². The Morgan fingerprint density at radius 1 is 0.597 bits per heavy atom. The average molecular weight is 1240 g/mol. The molecule has 0 saturated carbocycles. The molecule has 0 atom stereocenters. The van der Waals surface area contributed by atoms with Crippen molar-refractivity contribution in [1.29, 1.82) is 0 Å². The summed E-state index contributed by atoms with van der Waals surface area (Å²) in [6, 6.07) is 35.3. The zero-order chi connectivity index (χ0) is 54.9. The molecule has 0 saturated heterocycles. The quantitative estimate of drug-likeness (QED) is 0.0231. The van der Waals surface area contributed by atoms with Gasteiger partial charge in [0.05, 0.1) is 50.0 Å². The van der Waals surface area contributed by atoms with Gasteiger partial charge in [-0.05, 0) is 110 Å². The van der Waals surface area contributed by atoms with Gasteiger partial charge in [0, 0.05) is 21.9 Å².